The third-order valence-corrected chi connectivity index (χ3v) is 5.17. The molecule has 1 fully saturated rings. The average molecular weight is 340 g/mol. The van der Waals surface area contributed by atoms with Gasteiger partial charge in [0.15, 0.2) is 0 Å². The van der Waals surface area contributed by atoms with Crippen LogP contribution in [0.5, 0.6) is 0 Å². The van der Waals surface area contributed by atoms with Gasteiger partial charge in [-0.15, -0.1) is 0 Å². The van der Waals surface area contributed by atoms with Crippen LogP contribution in [0.1, 0.15) is 51.1 Å². The summed E-state index contributed by atoms with van der Waals surface area (Å²) < 4.78 is 0. The topological polar surface area (TPSA) is 61.9 Å². The molecule has 0 amide bonds. The zero-order valence-electron chi connectivity index (χ0n) is 15.3. The van der Waals surface area contributed by atoms with Gasteiger partial charge in [0.2, 0.25) is 0 Å². The summed E-state index contributed by atoms with van der Waals surface area (Å²) in [6, 6.07) is 5.54. The predicted molar refractivity (Wildman–Crippen MR) is 102 cm³/mol. The Labute approximate surface area is 149 Å². The van der Waals surface area contributed by atoms with Crippen LogP contribution in [0.15, 0.2) is 29.2 Å². The summed E-state index contributed by atoms with van der Waals surface area (Å²) in [7, 11) is 2.10. The summed E-state index contributed by atoms with van der Waals surface area (Å²) in [4.78, 5) is 25.8. The van der Waals surface area contributed by atoms with Gasteiger partial charge in [-0.05, 0) is 30.9 Å². The lowest BCUT2D eigenvalue weighted by Crippen LogP contribution is -2.22. The molecule has 0 aliphatic heterocycles. The molecular weight excluding hydrogens is 312 g/mol. The van der Waals surface area contributed by atoms with Crippen molar-refractivity contribution in [2.45, 2.75) is 51.9 Å². The van der Waals surface area contributed by atoms with Crippen molar-refractivity contribution >= 4 is 5.82 Å². The van der Waals surface area contributed by atoms with E-state index in [2.05, 4.69) is 26.9 Å². The normalized spacial score (nSPS) is 15.3. The van der Waals surface area contributed by atoms with Crippen molar-refractivity contribution in [3.63, 3.8) is 0 Å². The number of aromatic amines is 1. The van der Waals surface area contributed by atoms with E-state index >= 15 is 0 Å². The van der Waals surface area contributed by atoms with Crippen LogP contribution in [-0.2, 0) is 6.42 Å². The fourth-order valence-corrected chi connectivity index (χ4v) is 3.54. The number of rotatable bonds is 6. The first-order valence-corrected chi connectivity index (χ1v) is 9.43. The van der Waals surface area contributed by atoms with E-state index in [9.17, 15) is 4.79 Å². The Morgan fingerprint density at radius 3 is 2.72 bits per heavy atom. The monoisotopic (exact) mass is 340 g/mol. The summed E-state index contributed by atoms with van der Waals surface area (Å²) >= 11 is 0. The molecule has 5 heteroatoms. The van der Waals surface area contributed by atoms with E-state index in [0.29, 0.717) is 5.82 Å². The molecule has 1 aliphatic rings. The van der Waals surface area contributed by atoms with Gasteiger partial charge in [0.05, 0.1) is 0 Å². The highest BCUT2D eigenvalue weighted by atomic mass is 16.1. The molecular formula is C20H28N4O. The Bertz CT molecular complexity index is 732. The number of hydrogen-bond donors (Lipinski definition) is 1. The molecule has 0 bridgehead atoms. The SMILES string of the molecule is CCc1cc(=O)[nH]c(-c2ccc(N(C)CCC3CCCCC3)nc2)n1. The molecule has 1 saturated carbocycles. The number of nitrogens with one attached hydrogen (secondary N) is 1. The first kappa shape index (κ1) is 17.6. The van der Waals surface area contributed by atoms with Crippen LogP contribution in [0.25, 0.3) is 11.4 Å². The summed E-state index contributed by atoms with van der Waals surface area (Å²) in [5.74, 6) is 2.43. The predicted octanol–water partition coefficient (Wildman–Crippen LogP) is 3.80. The molecule has 0 radical (unpaired) electrons. The Balaban J connectivity index is 1.65. The van der Waals surface area contributed by atoms with Crippen LogP contribution in [0.3, 0.4) is 0 Å². The Morgan fingerprint density at radius 2 is 2.04 bits per heavy atom. The lowest BCUT2D eigenvalue weighted by Gasteiger charge is -2.25. The summed E-state index contributed by atoms with van der Waals surface area (Å²) in [5, 5.41) is 0. The van der Waals surface area contributed by atoms with E-state index in [0.717, 1.165) is 36.0 Å². The van der Waals surface area contributed by atoms with Gasteiger partial charge in [-0.25, -0.2) is 9.97 Å². The van der Waals surface area contributed by atoms with Crippen LogP contribution in [0.4, 0.5) is 5.82 Å². The van der Waals surface area contributed by atoms with E-state index in [1.54, 1.807) is 12.3 Å². The minimum atomic E-state index is -0.115. The van der Waals surface area contributed by atoms with E-state index in [-0.39, 0.29) is 5.56 Å². The first-order chi connectivity index (χ1) is 12.2. The van der Waals surface area contributed by atoms with Crippen LogP contribution in [-0.4, -0.2) is 28.5 Å². The zero-order valence-corrected chi connectivity index (χ0v) is 15.3. The first-order valence-electron chi connectivity index (χ1n) is 9.43. The average Bonchev–Trinajstić information content (AvgIpc) is 2.66. The lowest BCUT2D eigenvalue weighted by atomic mass is 9.87. The van der Waals surface area contributed by atoms with E-state index < -0.39 is 0 Å². The highest BCUT2D eigenvalue weighted by molar-refractivity contribution is 5.56. The molecule has 2 heterocycles. The van der Waals surface area contributed by atoms with Gasteiger partial charge in [-0.2, -0.15) is 0 Å². The second-order valence-electron chi connectivity index (χ2n) is 7.06. The molecule has 1 aliphatic carbocycles. The highest BCUT2D eigenvalue weighted by Gasteiger charge is 2.14. The van der Waals surface area contributed by atoms with Crippen molar-refractivity contribution in [3.8, 4) is 11.4 Å². The second-order valence-corrected chi connectivity index (χ2v) is 7.06. The molecule has 1 N–H and O–H groups in total. The quantitative estimate of drug-likeness (QED) is 0.869. The van der Waals surface area contributed by atoms with Gasteiger partial charge in [0.1, 0.15) is 11.6 Å². The standard InChI is InChI=1S/C20H28N4O/c1-3-17-13-19(25)23-20(22-17)16-9-10-18(21-14-16)24(2)12-11-15-7-5-4-6-8-15/h9-10,13-15H,3-8,11-12H2,1-2H3,(H,22,23,25). The Hall–Kier alpha value is -2.17. The molecule has 134 valence electrons. The molecule has 0 aromatic carbocycles. The second kappa shape index (κ2) is 8.28. The molecule has 2 aromatic heterocycles. The number of hydrogen-bond acceptors (Lipinski definition) is 4. The van der Waals surface area contributed by atoms with Gasteiger partial charge in [0, 0.05) is 37.1 Å². The van der Waals surface area contributed by atoms with Gasteiger partial charge in [0.25, 0.3) is 5.56 Å². The summed E-state index contributed by atoms with van der Waals surface area (Å²) in [5.41, 5.74) is 1.53. The van der Waals surface area contributed by atoms with Crippen LogP contribution >= 0.6 is 0 Å². The summed E-state index contributed by atoms with van der Waals surface area (Å²) in [6.45, 7) is 3.03. The lowest BCUT2D eigenvalue weighted by molar-refractivity contribution is 0.341. The maximum absolute atomic E-state index is 11.7. The van der Waals surface area contributed by atoms with E-state index in [4.69, 9.17) is 0 Å². The molecule has 3 rings (SSSR count). The van der Waals surface area contributed by atoms with Crippen molar-refractivity contribution in [2.75, 3.05) is 18.5 Å². The number of H-pyrrole nitrogens is 1. The third-order valence-electron chi connectivity index (χ3n) is 5.17. The molecule has 0 unspecified atom stereocenters. The van der Waals surface area contributed by atoms with Crippen molar-refractivity contribution in [1.82, 2.24) is 15.0 Å². The van der Waals surface area contributed by atoms with Crippen LogP contribution in [0.2, 0.25) is 0 Å². The number of anilines is 1. The van der Waals surface area contributed by atoms with Crippen molar-refractivity contribution in [1.29, 1.82) is 0 Å². The number of pyridine rings is 1. The van der Waals surface area contributed by atoms with Gasteiger partial charge in [-0.1, -0.05) is 39.0 Å². The van der Waals surface area contributed by atoms with E-state index in [1.165, 1.54) is 38.5 Å². The summed E-state index contributed by atoms with van der Waals surface area (Å²) in [6.07, 6.45) is 10.7. The van der Waals surface area contributed by atoms with Crippen molar-refractivity contribution < 1.29 is 0 Å². The van der Waals surface area contributed by atoms with Crippen LogP contribution < -0.4 is 10.5 Å². The van der Waals surface area contributed by atoms with Crippen molar-refractivity contribution in [3.05, 3.63) is 40.4 Å². The molecule has 0 atom stereocenters. The molecule has 0 saturated heterocycles. The van der Waals surface area contributed by atoms with E-state index in [1.807, 2.05) is 19.1 Å². The van der Waals surface area contributed by atoms with Crippen molar-refractivity contribution in [2.24, 2.45) is 5.92 Å². The Morgan fingerprint density at radius 1 is 1.24 bits per heavy atom. The van der Waals surface area contributed by atoms with Gasteiger partial charge in [-0.3, -0.25) is 4.79 Å². The third kappa shape index (κ3) is 4.68. The smallest absolute Gasteiger partial charge is 0.251 e. The molecule has 0 spiro atoms. The fourth-order valence-electron chi connectivity index (χ4n) is 3.54. The highest BCUT2D eigenvalue weighted by Crippen LogP contribution is 2.27. The number of nitrogens with zero attached hydrogens (tertiary/aromatic N) is 3. The maximum atomic E-state index is 11.7. The van der Waals surface area contributed by atoms with Gasteiger partial charge < -0.3 is 9.88 Å². The number of aromatic nitrogens is 3. The number of aryl methyl sites for hydroxylation is 1. The van der Waals surface area contributed by atoms with Gasteiger partial charge >= 0.3 is 0 Å². The van der Waals surface area contributed by atoms with Crippen LogP contribution in [0, 0.1) is 5.92 Å². The minimum Gasteiger partial charge on any atom is -0.360 e. The molecule has 25 heavy (non-hydrogen) atoms. The maximum Gasteiger partial charge on any atom is 0.251 e. The zero-order chi connectivity index (χ0) is 17.6. The molecule has 5 nitrogen and oxygen atoms in total. The minimum absolute atomic E-state index is 0.115. The molecule has 2 aromatic rings. The largest absolute Gasteiger partial charge is 0.360 e. The Kier molecular flexibility index (Phi) is 5.84. The fraction of sp³-hybridized carbons (Fsp3) is 0.550.